The van der Waals surface area contributed by atoms with E-state index in [1.165, 1.54) is 22.5 Å². The second-order valence-corrected chi connectivity index (χ2v) is 5.38. The molecule has 2 heteroatoms. The third kappa shape index (κ3) is 1.53. The van der Waals surface area contributed by atoms with Crippen LogP contribution in [0.2, 0.25) is 0 Å². The van der Waals surface area contributed by atoms with E-state index in [0.717, 1.165) is 6.42 Å². The fraction of sp³-hybridized carbons (Fsp3) is 0.235. The molecule has 94 valence electrons. The molecule has 2 aromatic carbocycles. The summed E-state index contributed by atoms with van der Waals surface area (Å²) in [4.78, 5) is 0. The van der Waals surface area contributed by atoms with E-state index in [1.54, 1.807) is 0 Å². The van der Waals surface area contributed by atoms with Crippen LogP contribution in [-0.4, -0.2) is 5.71 Å². The number of fused-ring (bicyclic) bond motifs is 3. The molecule has 1 aliphatic heterocycles. The Hall–Kier alpha value is -2.09. The number of nitrogens with zero attached hydrogens (tertiary/aromatic N) is 2. The van der Waals surface area contributed by atoms with Crippen molar-refractivity contribution in [3.8, 4) is 0 Å². The van der Waals surface area contributed by atoms with Gasteiger partial charge >= 0.3 is 0 Å². The van der Waals surface area contributed by atoms with Gasteiger partial charge in [-0.15, -0.1) is 0 Å². The van der Waals surface area contributed by atoms with Gasteiger partial charge < -0.3 is 0 Å². The molecule has 0 N–H and O–H groups in total. The Morgan fingerprint density at radius 2 is 1.74 bits per heavy atom. The largest absolute Gasteiger partial charge is 0.257 e. The predicted octanol–water partition coefficient (Wildman–Crippen LogP) is 3.80. The molecule has 0 bridgehead atoms. The minimum Gasteiger partial charge on any atom is -0.257 e. The lowest BCUT2D eigenvalue weighted by Crippen LogP contribution is -2.21. The first kappa shape index (κ1) is 10.8. The van der Waals surface area contributed by atoms with Crippen LogP contribution < -0.4 is 5.01 Å². The quantitative estimate of drug-likeness (QED) is 0.749. The monoisotopic (exact) mass is 248 g/mol. The van der Waals surface area contributed by atoms with Gasteiger partial charge in [0.2, 0.25) is 0 Å². The first-order valence-electron chi connectivity index (χ1n) is 6.82. The zero-order valence-electron chi connectivity index (χ0n) is 11.0. The summed E-state index contributed by atoms with van der Waals surface area (Å²) in [5.74, 6) is 0.539. The SMILES string of the molecule is CC1=NN(c2ccccc2)[C@H]2c3ccccc3C[C@@H]12. The van der Waals surface area contributed by atoms with Crippen LogP contribution in [0.25, 0.3) is 0 Å². The van der Waals surface area contributed by atoms with Gasteiger partial charge in [0, 0.05) is 11.6 Å². The lowest BCUT2D eigenvalue weighted by Gasteiger charge is -2.24. The highest BCUT2D eigenvalue weighted by atomic mass is 15.5. The van der Waals surface area contributed by atoms with Crippen molar-refractivity contribution in [1.29, 1.82) is 0 Å². The zero-order valence-corrected chi connectivity index (χ0v) is 11.0. The number of para-hydroxylation sites is 1. The topological polar surface area (TPSA) is 15.6 Å². The van der Waals surface area contributed by atoms with Crippen LogP contribution in [0.1, 0.15) is 24.1 Å². The van der Waals surface area contributed by atoms with Crippen molar-refractivity contribution in [2.45, 2.75) is 19.4 Å². The number of hydrogen-bond acceptors (Lipinski definition) is 2. The smallest absolute Gasteiger partial charge is 0.0862 e. The van der Waals surface area contributed by atoms with Crippen molar-refractivity contribution < 1.29 is 0 Å². The summed E-state index contributed by atoms with van der Waals surface area (Å²) in [5.41, 5.74) is 5.36. The molecule has 1 aliphatic carbocycles. The molecule has 0 radical (unpaired) electrons. The Morgan fingerprint density at radius 1 is 1.00 bits per heavy atom. The van der Waals surface area contributed by atoms with E-state index in [9.17, 15) is 0 Å². The van der Waals surface area contributed by atoms with E-state index in [1.807, 2.05) is 0 Å². The van der Waals surface area contributed by atoms with Gasteiger partial charge in [0.05, 0.1) is 11.7 Å². The molecular formula is C17H16N2. The molecule has 2 aliphatic rings. The molecule has 19 heavy (non-hydrogen) atoms. The van der Waals surface area contributed by atoms with Gasteiger partial charge in [-0.2, -0.15) is 5.10 Å². The minimum absolute atomic E-state index is 0.388. The fourth-order valence-corrected chi connectivity index (χ4v) is 3.36. The van der Waals surface area contributed by atoms with E-state index >= 15 is 0 Å². The molecule has 0 amide bonds. The van der Waals surface area contributed by atoms with Crippen molar-refractivity contribution in [3.05, 3.63) is 65.7 Å². The molecule has 0 unspecified atom stereocenters. The second kappa shape index (κ2) is 3.95. The van der Waals surface area contributed by atoms with Gasteiger partial charge in [0.15, 0.2) is 0 Å². The van der Waals surface area contributed by atoms with Gasteiger partial charge in [0.25, 0.3) is 0 Å². The lowest BCUT2D eigenvalue weighted by molar-refractivity contribution is 0.596. The summed E-state index contributed by atoms with van der Waals surface area (Å²) >= 11 is 0. The molecule has 4 rings (SSSR count). The van der Waals surface area contributed by atoms with E-state index in [4.69, 9.17) is 5.10 Å². The van der Waals surface area contributed by atoms with Crippen LogP contribution in [0.4, 0.5) is 5.69 Å². The third-order valence-corrected chi connectivity index (χ3v) is 4.28. The Balaban J connectivity index is 1.82. The summed E-state index contributed by atoms with van der Waals surface area (Å²) < 4.78 is 0. The van der Waals surface area contributed by atoms with Gasteiger partial charge in [-0.1, -0.05) is 42.5 Å². The number of benzene rings is 2. The van der Waals surface area contributed by atoms with Gasteiger partial charge in [0.1, 0.15) is 0 Å². The van der Waals surface area contributed by atoms with Crippen LogP contribution in [0.3, 0.4) is 0 Å². The van der Waals surface area contributed by atoms with Crippen molar-refractivity contribution >= 4 is 11.4 Å². The highest BCUT2D eigenvalue weighted by molar-refractivity contribution is 5.90. The van der Waals surface area contributed by atoms with Crippen LogP contribution in [0.5, 0.6) is 0 Å². The minimum atomic E-state index is 0.388. The van der Waals surface area contributed by atoms with Gasteiger partial charge in [-0.3, -0.25) is 5.01 Å². The molecule has 0 saturated carbocycles. The first-order chi connectivity index (χ1) is 9.34. The number of hydrogen-bond donors (Lipinski definition) is 0. The van der Waals surface area contributed by atoms with Crippen molar-refractivity contribution in [3.63, 3.8) is 0 Å². The molecule has 0 spiro atoms. The summed E-state index contributed by atoms with van der Waals surface area (Å²) in [6.07, 6.45) is 1.12. The standard InChI is InChI=1S/C17H16N2/c1-12-16-11-13-7-5-6-10-15(13)17(16)19(18-12)14-8-3-2-4-9-14/h2-10,16-17H,11H2,1H3/t16-,17-/m0/s1. The van der Waals surface area contributed by atoms with Crippen molar-refractivity contribution in [2.75, 3.05) is 5.01 Å². The summed E-state index contributed by atoms with van der Waals surface area (Å²) in [7, 11) is 0. The average molecular weight is 248 g/mol. The number of hydrazone groups is 1. The van der Waals surface area contributed by atoms with Gasteiger partial charge in [-0.05, 0) is 36.6 Å². The van der Waals surface area contributed by atoms with E-state index in [2.05, 4.69) is 66.5 Å². The lowest BCUT2D eigenvalue weighted by atomic mass is 9.97. The third-order valence-electron chi connectivity index (χ3n) is 4.28. The van der Waals surface area contributed by atoms with Crippen LogP contribution in [-0.2, 0) is 6.42 Å². The van der Waals surface area contributed by atoms with Crippen LogP contribution >= 0.6 is 0 Å². The molecule has 0 saturated heterocycles. The highest BCUT2D eigenvalue weighted by Crippen LogP contribution is 2.46. The summed E-state index contributed by atoms with van der Waals surface area (Å²) in [6, 6.07) is 19.7. The molecule has 0 fully saturated rings. The van der Waals surface area contributed by atoms with E-state index in [0.29, 0.717) is 12.0 Å². The molecule has 2 nitrogen and oxygen atoms in total. The Labute approximate surface area is 113 Å². The summed E-state index contributed by atoms with van der Waals surface area (Å²) in [6.45, 7) is 2.16. The highest BCUT2D eigenvalue weighted by Gasteiger charge is 2.42. The van der Waals surface area contributed by atoms with Crippen LogP contribution in [0, 0.1) is 5.92 Å². The van der Waals surface area contributed by atoms with Crippen molar-refractivity contribution in [2.24, 2.45) is 11.0 Å². The normalized spacial score (nSPS) is 24.1. The molecule has 2 aromatic rings. The van der Waals surface area contributed by atoms with Crippen LogP contribution in [0.15, 0.2) is 59.7 Å². The Morgan fingerprint density at radius 3 is 2.58 bits per heavy atom. The molecule has 1 heterocycles. The van der Waals surface area contributed by atoms with Gasteiger partial charge in [-0.25, -0.2) is 0 Å². The molecule has 2 atom stereocenters. The first-order valence-corrected chi connectivity index (χ1v) is 6.82. The van der Waals surface area contributed by atoms with E-state index < -0.39 is 0 Å². The Kier molecular flexibility index (Phi) is 2.25. The predicted molar refractivity (Wildman–Crippen MR) is 78.4 cm³/mol. The van der Waals surface area contributed by atoms with E-state index in [-0.39, 0.29) is 0 Å². The maximum absolute atomic E-state index is 4.79. The zero-order chi connectivity index (χ0) is 12.8. The number of anilines is 1. The fourth-order valence-electron chi connectivity index (χ4n) is 3.36. The average Bonchev–Trinajstić information content (AvgIpc) is 2.98. The number of rotatable bonds is 1. The van der Waals surface area contributed by atoms with Crippen molar-refractivity contribution in [1.82, 2.24) is 0 Å². The Bertz CT molecular complexity index is 645. The second-order valence-electron chi connectivity index (χ2n) is 5.38. The molecule has 0 aromatic heterocycles. The molecular weight excluding hydrogens is 232 g/mol. The summed E-state index contributed by atoms with van der Waals surface area (Å²) in [5, 5.41) is 6.99. The maximum Gasteiger partial charge on any atom is 0.0862 e. The maximum atomic E-state index is 4.79.